The first-order valence-electron chi connectivity index (χ1n) is 11.8. The molecule has 0 aliphatic carbocycles. The zero-order chi connectivity index (χ0) is 25.9. The Kier molecular flexibility index (Phi) is 9.35. The third kappa shape index (κ3) is 7.96. The van der Waals surface area contributed by atoms with E-state index in [9.17, 15) is 9.90 Å². The van der Waals surface area contributed by atoms with Gasteiger partial charge in [-0.3, -0.25) is 20.1 Å². The molecule has 3 aromatic carbocycles. The van der Waals surface area contributed by atoms with Crippen LogP contribution in [-0.2, 0) is 16.1 Å². The number of pyridine rings is 1. The fraction of sp³-hybridized carbons (Fsp3) is 0.133. The zero-order valence-corrected chi connectivity index (χ0v) is 21.1. The van der Waals surface area contributed by atoms with Gasteiger partial charge in [0, 0.05) is 16.7 Å². The molecule has 0 spiro atoms. The van der Waals surface area contributed by atoms with Crippen molar-refractivity contribution >= 4 is 23.4 Å². The van der Waals surface area contributed by atoms with E-state index >= 15 is 0 Å². The Labute approximate surface area is 220 Å². The molecule has 0 bridgehead atoms. The quantitative estimate of drug-likeness (QED) is 0.127. The van der Waals surface area contributed by atoms with Crippen molar-refractivity contribution in [3.63, 3.8) is 0 Å². The van der Waals surface area contributed by atoms with E-state index in [1.807, 2.05) is 97.1 Å². The fourth-order valence-corrected chi connectivity index (χ4v) is 4.57. The van der Waals surface area contributed by atoms with Crippen molar-refractivity contribution < 1.29 is 19.5 Å². The van der Waals surface area contributed by atoms with Gasteiger partial charge in [0.25, 0.3) is 0 Å². The third-order valence-electron chi connectivity index (χ3n) is 5.48. The lowest BCUT2D eigenvalue weighted by Gasteiger charge is -2.13. The molecule has 0 saturated carbocycles. The second-order valence-corrected chi connectivity index (χ2v) is 9.45. The molecule has 0 aliphatic heterocycles. The minimum Gasteiger partial charge on any atom is -0.491 e. The third-order valence-corrected chi connectivity index (χ3v) is 6.68. The summed E-state index contributed by atoms with van der Waals surface area (Å²) in [7, 11) is 0. The minimum absolute atomic E-state index is 0.321. The van der Waals surface area contributed by atoms with Crippen molar-refractivity contribution in [1.29, 1.82) is 0 Å². The molecule has 7 heteroatoms. The van der Waals surface area contributed by atoms with Crippen LogP contribution in [-0.4, -0.2) is 34.5 Å². The van der Waals surface area contributed by atoms with Gasteiger partial charge in [0.15, 0.2) is 0 Å². The summed E-state index contributed by atoms with van der Waals surface area (Å²) < 4.78 is 5.74. The lowest BCUT2D eigenvalue weighted by molar-refractivity contribution is -0.136. The molecule has 1 heterocycles. The van der Waals surface area contributed by atoms with Crippen molar-refractivity contribution in [1.82, 2.24) is 10.5 Å². The van der Waals surface area contributed by atoms with Gasteiger partial charge >= 0.3 is 5.97 Å². The number of hydrogen-bond donors (Lipinski definition) is 2. The predicted octanol–water partition coefficient (Wildman–Crippen LogP) is 6.11. The molecule has 0 saturated heterocycles. The van der Waals surface area contributed by atoms with Crippen LogP contribution in [0.1, 0.15) is 11.1 Å². The number of carboxylic acids is 1. The standard InChI is InChI=1S/C30H28N2O4S/c1-22(24-12-14-25(15-13-24)28-9-5-6-18-31-28)32-36-20-19-35-26-16-10-23(11-17-26)21-29(30(33)34)37-27-7-3-2-4-8-27/h2-18,29,32H,1,19-21H2,(H,33,34). The number of aliphatic carboxylic acids is 1. The Balaban J connectivity index is 1.18. The van der Waals surface area contributed by atoms with Crippen LogP contribution in [0.4, 0.5) is 0 Å². The number of carbonyl (C=O) groups is 1. The lowest BCUT2D eigenvalue weighted by atomic mass is 10.1. The number of thioether (sulfide) groups is 1. The molecule has 0 aliphatic rings. The molecule has 4 rings (SSSR count). The largest absolute Gasteiger partial charge is 0.491 e. The number of rotatable bonds is 13. The van der Waals surface area contributed by atoms with Gasteiger partial charge in [-0.05, 0) is 53.9 Å². The maximum absolute atomic E-state index is 11.7. The smallest absolute Gasteiger partial charge is 0.317 e. The van der Waals surface area contributed by atoms with Crippen molar-refractivity contribution in [3.05, 3.63) is 121 Å². The number of ether oxygens (including phenoxy) is 1. The van der Waals surface area contributed by atoms with Gasteiger partial charge in [-0.1, -0.05) is 67.2 Å². The highest BCUT2D eigenvalue weighted by molar-refractivity contribution is 8.00. The van der Waals surface area contributed by atoms with Gasteiger partial charge in [0.05, 0.1) is 11.4 Å². The summed E-state index contributed by atoms with van der Waals surface area (Å²) in [5.74, 6) is -0.136. The molecule has 188 valence electrons. The number of aromatic nitrogens is 1. The summed E-state index contributed by atoms with van der Waals surface area (Å²) >= 11 is 1.35. The van der Waals surface area contributed by atoms with Crippen LogP contribution < -0.4 is 10.2 Å². The molecule has 0 amide bonds. The van der Waals surface area contributed by atoms with Gasteiger partial charge in [-0.15, -0.1) is 11.8 Å². The maximum Gasteiger partial charge on any atom is 0.317 e. The van der Waals surface area contributed by atoms with Crippen LogP contribution in [0.3, 0.4) is 0 Å². The van der Waals surface area contributed by atoms with E-state index in [1.165, 1.54) is 11.8 Å². The van der Waals surface area contributed by atoms with E-state index in [2.05, 4.69) is 17.0 Å². The Bertz CT molecular complexity index is 1280. The number of hydroxylamine groups is 1. The molecule has 2 N–H and O–H groups in total. The summed E-state index contributed by atoms with van der Waals surface area (Å²) in [6.45, 7) is 4.69. The molecule has 37 heavy (non-hydrogen) atoms. The van der Waals surface area contributed by atoms with Gasteiger partial charge < -0.3 is 9.84 Å². The first-order chi connectivity index (χ1) is 18.1. The van der Waals surface area contributed by atoms with Crippen LogP contribution in [0.5, 0.6) is 5.75 Å². The molecular weight excluding hydrogens is 484 g/mol. The maximum atomic E-state index is 11.7. The van der Waals surface area contributed by atoms with Crippen molar-refractivity contribution in [2.75, 3.05) is 13.2 Å². The Morgan fingerprint density at radius 3 is 2.32 bits per heavy atom. The Morgan fingerprint density at radius 1 is 0.919 bits per heavy atom. The topological polar surface area (TPSA) is 80.7 Å². The molecule has 0 fully saturated rings. The number of nitrogens with zero attached hydrogens (tertiary/aromatic N) is 1. The SMILES string of the molecule is C=C(NOCCOc1ccc(CC(Sc2ccccc2)C(=O)O)cc1)c1ccc(-c2ccccn2)cc1. The van der Waals surface area contributed by atoms with Gasteiger partial charge in [0.2, 0.25) is 0 Å². The molecule has 0 radical (unpaired) electrons. The first-order valence-corrected chi connectivity index (χ1v) is 12.7. The number of hydrogen-bond acceptors (Lipinski definition) is 6. The van der Waals surface area contributed by atoms with E-state index in [1.54, 1.807) is 6.20 Å². The molecule has 1 atom stereocenters. The Morgan fingerprint density at radius 2 is 1.65 bits per heavy atom. The highest BCUT2D eigenvalue weighted by Gasteiger charge is 2.19. The summed E-state index contributed by atoms with van der Waals surface area (Å²) in [5, 5.41) is 9.05. The summed E-state index contributed by atoms with van der Waals surface area (Å²) in [5.41, 5.74) is 7.31. The van der Waals surface area contributed by atoms with E-state index in [4.69, 9.17) is 9.57 Å². The van der Waals surface area contributed by atoms with E-state index in [0.29, 0.717) is 31.1 Å². The minimum atomic E-state index is -0.829. The lowest BCUT2D eigenvalue weighted by Crippen LogP contribution is -2.19. The number of carboxylic acid groups (broad SMARTS) is 1. The van der Waals surface area contributed by atoms with Gasteiger partial charge in [0.1, 0.15) is 24.2 Å². The van der Waals surface area contributed by atoms with E-state index in [-0.39, 0.29) is 0 Å². The average molecular weight is 513 g/mol. The molecule has 1 aromatic heterocycles. The summed E-state index contributed by atoms with van der Waals surface area (Å²) in [4.78, 5) is 22.5. The van der Waals surface area contributed by atoms with Crippen LogP contribution in [0, 0.1) is 0 Å². The van der Waals surface area contributed by atoms with Crippen LogP contribution >= 0.6 is 11.8 Å². The second-order valence-electron chi connectivity index (χ2n) is 8.18. The van der Waals surface area contributed by atoms with Crippen molar-refractivity contribution in [3.8, 4) is 17.0 Å². The van der Waals surface area contributed by atoms with Crippen LogP contribution in [0.2, 0.25) is 0 Å². The fourth-order valence-electron chi connectivity index (χ4n) is 3.55. The number of nitrogens with one attached hydrogen (secondary N) is 1. The molecule has 6 nitrogen and oxygen atoms in total. The molecular formula is C30H28N2O4S. The number of benzene rings is 3. The van der Waals surface area contributed by atoms with E-state index < -0.39 is 11.2 Å². The zero-order valence-electron chi connectivity index (χ0n) is 20.2. The molecule has 1 unspecified atom stereocenters. The predicted molar refractivity (Wildman–Crippen MR) is 147 cm³/mol. The van der Waals surface area contributed by atoms with Crippen LogP contribution in [0.25, 0.3) is 17.0 Å². The second kappa shape index (κ2) is 13.3. The highest BCUT2D eigenvalue weighted by atomic mass is 32.2. The highest BCUT2D eigenvalue weighted by Crippen LogP contribution is 2.26. The first kappa shape index (κ1) is 26.0. The summed E-state index contributed by atoms with van der Waals surface area (Å²) in [6.07, 6.45) is 2.20. The van der Waals surface area contributed by atoms with Gasteiger partial charge in [-0.2, -0.15) is 0 Å². The van der Waals surface area contributed by atoms with Crippen LogP contribution in [0.15, 0.2) is 115 Å². The normalized spacial score (nSPS) is 11.5. The van der Waals surface area contributed by atoms with E-state index in [0.717, 1.165) is 27.3 Å². The van der Waals surface area contributed by atoms with Crippen molar-refractivity contribution in [2.45, 2.75) is 16.6 Å². The average Bonchev–Trinajstić information content (AvgIpc) is 2.94. The Hall–Kier alpha value is -4.07. The van der Waals surface area contributed by atoms with Crippen molar-refractivity contribution in [2.24, 2.45) is 0 Å². The molecule has 4 aromatic rings. The monoisotopic (exact) mass is 512 g/mol. The summed E-state index contributed by atoms with van der Waals surface area (Å²) in [6, 6.07) is 30.8. The van der Waals surface area contributed by atoms with Gasteiger partial charge in [-0.25, -0.2) is 0 Å².